The highest BCUT2D eigenvalue weighted by molar-refractivity contribution is 5.96. The number of ketones is 1. The fourth-order valence-electron chi connectivity index (χ4n) is 1.96. The van der Waals surface area contributed by atoms with E-state index in [1.54, 1.807) is 0 Å². The average molecular weight is 274 g/mol. The van der Waals surface area contributed by atoms with Gasteiger partial charge in [0.15, 0.2) is 12.1 Å². The summed E-state index contributed by atoms with van der Waals surface area (Å²) < 4.78 is 13.6. The fourth-order valence-corrected chi connectivity index (χ4v) is 1.96. The molecule has 0 spiro atoms. The van der Waals surface area contributed by atoms with Crippen molar-refractivity contribution in [3.63, 3.8) is 0 Å². The first-order chi connectivity index (χ1) is 9.58. The lowest BCUT2D eigenvalue weighted by Gasteiger charge is -2.07. The lowest BCUT2D eigenvalue weighted by atomic mass is 10.0. The van der Waals surface area contributed by atoms with Crippen LogP contribution in [-0.4, -0.2) is 16.0 Å². The summed E-state index contributed by atoms with van der Waals surface area (Å²) in [6.07, 6.45) is -1.00. The molecule has 20 heavy (non-hydrogen) atoms. The summed E-state index contributed by atoms with van der Waals surface area (Å²) in [6.45, 7) is 0. The summed E-state index contributed by atoms with van der Waals surface area (Å²) in [7, 11) is 0. The van der Waals surface area contributed by atoms with E-state index < -0.39 is 12.1 Å². The summed E-state index contributed by atoms with van der Waals surface area (Å²) in [5, 5.41) is 17.8. The molecule has 0 radical (unpaired) electrons. The number of benzene rings is 2. The molecule has 0 amide bonds. The first-order valence-corrected chi connectivity index (χ1v) is 6.30. The zero-order valence-corrected chi connectivity index (χ0v) is 10.8. The summed E-state index contributed by atoms with van der Waals surface area (Å²) in [6, 6.07) is 13.2. The van der Waals surface area contributed by atoms with E-state index in [9.17, 15) is 9.18 Å². The zero-order valence-electron chi connectivity index (χ0n) is 10.8. The minimum Gasteiger partial charge on any atom is -0.364 e. The highest BCUT2D eigenvalue weighted by Crippen LogP contribution is 2.17. The second-order valence-corrected chi connectivity index (χ2v) is 4.52. The number of aliphatic hydroxyl groups excluding tert-OH is 1. The van der Waals surface area contributed by atoms with Crippen molar-refractivity contribution in [1.29, 1.82) is 0 Å². The predicted molar refractivity (Wildman–Crippen MR) is 72.7 cm³/mol. The Kier molecular flexibility index (Phi) is 4.61. The van der Waals surface area contributed by atoms with E-state index in [1.165, 1.54) is 12.1 Å². The van der Waals surface area contributed by atoms with Gasteiger partial charge >= 0.3 is 0 Å². The number of rotatable bonds is 5. The van der Waals surface area contributed by atoms with Crippen LogP contribution >= 0.6 is 0 Å². The number of aliphatic hydroxyl groups is 2. The molecular weight excluding hydrogens is 259 g/mol. The third-order valence-electron chi connectivity index (χ3n) is 3.08. The molecule has 0 saturated heterocycles. The molecule has 0 aliphatic rings. The molecule has 2 N–H and O–H groups in total. The molecule has 0 aliphatic carbocycles. The van der Waals surface area contributed by atoms with Crippen molar-refractivity contribution < 1.29 is 19.4 Å². The number of hydrogen-bond acceptors (Lipinski definition) is 3. The van der Waals surface area contributed by atoms with Gasteiger partial charge in [0.1, 0.15) is 5.82 Å². The van der Waals surface area contributed by atoms with Crippen molar-refractivity contribution in [2.24, 2.45) is 0 Å². The summed E-state index contributed by atoms with van der Waals surface area (Å²) in [5.41, 5.74) is 1.05. The smallest absolute Gasteiger partial charge is 0.181 e. The highest BCUT2D eigenvalue weighted by atomic mass is 19.1. The Morgan fingerprint density at radius 1 is 1.10 bits per heavy atom. The largest absolute Gasteiger partial charge is 0.364 e. The van der Waals surface area contributed by atoms with Crippen molar-refractivity contribution in [2.45, 2.75) is 19.1 Å². The van der Waals surface area contributed by atoms with Crippen LogP contribution in [0.1, 0.15) is 34.2 Å². The third-order valence-corrected chi connectivity index (χ3v) is 3.08. The number of carbonyl (C=O) groups is 1. The van der Waals surface area contributed by atoms with E-state index >= 15 is 0 Å². The highest BCUT2D eigenvalue weighted by Gasteiger charge is 2.13. The average Bonchev–Trinajstić information content (AvgIpc) is 2.45. The van der Waals surface area contributed by atoms with Crippen molar-refractivity contribution in [1.82, 2.24) is 0 Å². The van der Waals surface area contributed by atoms with Gasteiger partial charge in [-0.05, 0) is 18.1 Å². The van der Waals surface area contributed by atoms with Gasteiger partial charge in [-0.3, -0.25) is 4.79 Å². The molecule has 0 saturated carbocycles. The van der Waals surface area contributed by atoms with E-state index in [1.807, 2.05) is 30.3 Å². The summed E-state index contributed by atoms with van der Waals surface area (Å²) in [5.74, 6) is -0.961. The maximum Gasteiger partial charge on any atom is 0.181 e. The van der Waals surface area contributed by atoms with Gasteiger partial charge in [0.25, 0.3) is 0 Å². The van der Waals surface area contributed by atoms with E-state index in [0.29, 0.717) is 6.42 Å². The Labute approximate surface area is 116 Å². The molecule has 2 rings (SSSR count). The minimum absolute atomic E-state index is 0.174. The zero-order chi connectivity index (χ0) is 14.5. The van der Waals surface area contributed by atoms with E-state index in [0.717, 1.165) is 11.6 Å². The number of aryl methyl sites for hydroxylation is 1. The lowest BCUT2D eigenvalue weighted by molar-refractivity contribution is -0.0449. The van der Waals surface area contributed by atoms with E-state index in [-0.39, 0.29) is 23.3 Å². The Morgan fingerprint density at radius 2 is 1.80 bits per heavy atom. The van der Waals surface area contributed by atoms with Gasteiger partial charge in [-0.2, -0.15) is 0 Å². The summed E-state index contributed by atoms with van der Waals surface area (Å²) in [4.78, 5) is 12.0. The molecular formula is C16H15FO3. The van der Waals surface area contributed by atoms with Gasteiger partial charge in [-0.15, -0.1) is 0 Å². The second-order valence-electron chi connectivity index (χ2n) is 4.52. The monoisotopic (exact) mass is 274 g/mol. The van der Waals surface area contributed by atoms with Crippen LogP contribution in [0.5, 0.6) is 0 Å². The SMILES string of the molecule is O=C(CCc1ccccc1)c1ccc(C(O)O)c(F)c1. The molecule has 0 unspecified atom stereocenters. The van der Waals surface area contributed by atoms with Gasteiger partial charge in [-0.1, -0.05) is 42.5 Å². The summed E-state index contributed by atoms with van der Waals surface area (Å²) >= 11 is 0. The van der Waals surface area contributed by atoms with E-state index in [4.69, 9.17) is 10.2 Å². The molecule has 3 nitrogen and oxygen atoms in total. The molecule has 2 aromatic carbocycles. The number of halogens is 1. The van der Waals surface area contributed by atoms with Gasteiger partial charge in [0, 0.05) is 17.5 Å². The Balaban J connectivity index is 2.04. The van der Waals surface area contributed by atoms with Crippen molar-refractivity contribution in [3.8, 4) is 0 Å². The van der Waals surface area contributed by atoms with Crippen molar-refractivity contribution in [2.75, 3.05) is 0 Å². The van der Waals surface area contributed by atoms with Crippen LogP contribution in [-0.2, 0) is 6.42 Å². The number of carbonyl (C=O) groups excluding carboxylic acids is 1. The number of hydrogen-bond donors (Lipinski definition) is 2. The van der Waals surface area contributed by atoms with E-state index in [2.05, 4.69) is 0 Å². The molecule has 0 fully saturated rings. The van der Waals surface area contributed by atoms with Gasteiger partial charge in [0.2, 0.25) is 0 Å². The predicted octanol–water partition coefficient (Wildman–Crippen LogP) is 2.62. The Hall–Kier alpha value is -2.04. The first kappa shape index (κ1) is 14.4. The maximum atomic E-state index is 13.6. The molecule has 104 valence electrons. The maximum absolute atomic E-state index is 13.6. The molecule has 0 heterocycles. The topological polar surface area (TPSA) is 57.5 Å². The van der Waals surface area contributed by atoms with Gasteiger partial charge in [-0.25, -0.2) is 4.39 Å². The van der Waals surface area contributed by atoms with Crippen LogP contribution in [0.2, 0.25) is 0 Å². The van der Waals surface area contributed by atoms with Crippen LogP contribution in [0.3, 0.4) is 0 Å². The standard InChI is InChI=1S/C16H15FO3/c17-14-10-12(7-8-13(14)16(19)20)15(18)9-6-11-4-2-1-3-5-11/h1-5,7-8,10,16,19-20H,6,9H2. The fraction of sp³-hybridized carbons (Fsp3) is 0.188. The Morgan fingerprint density at radius 3 is 2.40 bits per heavy atom. The molecule has 0 bridgehead atoms. The third kappa shape index (κ3) is 3.50. The molecule has 0 aliphatic heterocycles. The second kappa shape index (κ2) is 6.41. The normalized spacial score (nSPS) is 10.8. The molecule has 4 heteroatoms. The Bertz CT molecular complexity index is 594. The van der Waals surface area contributed by atoms with Crippen LogP contribution in [0.4, 0.5) is 4.39 Å². The molecule has 2 aromatic rings. The van der Waals surface area contributed by atoms with Crippen LogP contribution < -0.4 is 0 Å². The van der Waals surface area contributed by atoms with Crippen LogP contribution in [0.15, 0.2) is 48.5 Å². The van der Waals surface area contributed by atoms with Crippen LogP contribution in [0, 0.1) is 5.82 Å². The molecule has 0 aromatic heterocycles. The van der Waals surface area contributed by atoms with Crippen LogP contribution in [0.25, 0.3) is 0 Å². The quantitative estimate of drug-likeness (QED) is 0.651. The van der Waals surface area contributed by atoms with Gasteiger partial charge in [0.05, 0.1) is 0 Å². The molecule has 0 atom stereocenters. The lowest BCUT2D eigenvalue weighted by Crippen LogP contribution is -2.05. The minimum atomic E-state index is -1.87. The number of Topliss-reactive ketones (excluding diaryl/α,β-unsaturated/α-hetero) is 1. The van der Waals surface area contributed by atoms with Gasteiger partial charge < -0.3 is 10.2 Å². The van der Waals surface area contributed by atoms with Crippen molar-refractivity contribution in [3.05, 3.63) is 71.0 Å². The first-order valence-electron chi connectivity index (χ1n) is 6.30. The van der Waals surface area contributed by atoms with Crippen molar-refractivity contribution >= 4 is 5.78 Å².